The van der Waals surface area contributed by atoms with Crippen molar-refractivity contribution in [2.24, 2.45) is 5.92 Å². The van der Waals surface area contributed by atoms with Crippen molar-refractivity contribution in [3.05, 3.63) is 34.6 Å². The van der Waals surface area contributed by atoms with E-state index in [1.807, 2.05) is 0 Å². The highest BCUT2D eigenvalue weighted by molar-refractivity contribution is 6.31. The standard InChI is InChI=1S/C16H16ClFN2O3/c1-16(9-19,10-5-6-10)20-14(21)8-23-15(22)7-11-12(17)3-2-4-13(11)18/h2-4,10H,5-8H2,1H3,(H,20,21). The van der Waals surface area contributed by atoms with Gasteiger partial charge in [0.15, 0.2) is 6.61 Å². The first-order valence-corrected chi connectivity index (χ1v) is 7.54. The van der Waals surface area contributed by atoms with Crippen molar-refractivity contribution in [3.63, 3.8) is 0 Å². The van der Waals surface area contributed by atoms with Crippen molar-refractivity contribution in [2.75, 3.05) is 6.61 Å². The van der Waals surface area contributed by atoms with Crippen LogP contribution in [0.15, 0.2) is 18.2 Å². The van der Waals surface area contributed by atoms with Crippen LogP contribution in [0, 0.1) is 23.1 Å². The van der Waals surface area contributed by atoms with Gasteiger partial charge in [0, 0.05) is 10.6 Å². The molecule has 1 aromatic carbocycles. The molecule has 1 aliphatic carbocycles. The first kappa shape index (κ1) is 17.2. The molecule has 1 N–H and O–H groups in total. The van der Waals surface area contributed by atoms with Gasteiger partial charge in [-0.05, 0) is 37.8 Å². The van der Waals surface area contributed by atoms with Crippen molar-refractivity contribution in [1.29, 1.82) is 5.26 Å². The summed E-state index contributed by atoms with van der Waals surface area (Å²) in [6.07, 6.45) is 1.41. The molecule has 1 unspecified atom stereocenters. The lowest BCUT2D eigenvalue weighted by molar-refractivity contribution is -0.148. The van der Waals surface area contributed by atoms with E-state index in [0.717, 1.165) is 12.8 Å². The molecule has 2 rings (SSSR count). The Bertz CT molecular complexity index is 650. The molecule has 0 spiro atoms. The van der Waals surface area contributed by atoms with Crippen molar-refractivity contribution in [3.8, 4) is 6.07 Å². The fourth-order valence-corrected chi connectivity index (χ4v) is 2.48. The van der Waals surface area contributed by atoms with Gasteiger partial charge < -0.3 is 10.1 Å². The molecule has 7 heteroatoms. The van der Waals surface area contributed by atoms with Crippen molar-refractivity contribution < 1.29 is 18.7 Å². The van der Waals surface area contributed by atoms with Gasteiger partial charge in [0.05, 0.1) is 12.5 Å². The minimum Gasteiger partial charge on any atom is -0.455 e. The molecule has 0 aromatic heterocycles. The number of halogens is 2. The normalized spacial score (nSPS) is 16.1. The summed E-state index contributed by atoms with van der Waals surface area (Å²) in [5.41, 5.74) is -0.919. The SMILES string of the molecule is CC(C#N)(NC(=O)COC(=O)Cc1c(F)cccc1Cl)C1CC1. The number of nitrogens with one attached hydrogen (secondary N) is 1. The summed E-state index contributed by atoms with van der Waals surface area (Å²) < 4.78 is 18.4. The summed E-state index contributed by atoms with van der Waals surface area (Å²) in [4.78, 5) is 23.5. The third kappa shape index (κ3) is 4.42. The molecule has 1 saturated carbocycles. The lowest BCUT2D eigenvalue weighted by Crippen LogP contribution is -2.48. The number of nitriles is 1. The van der Waals surface area contributed by atoms with E-state index in [1.54, 1.807) is 6.92 Å². The molecule has 0 heterocycles. The highest BCUT2D eigenvalue weighted by Gasteiger charge is 2.43. The van der Waals surface area contributed by atoms with Crippen LogP contribution in [0.5, 0.6) is 0 Å². The van der Waals surface area contributed by atoms with Crippen LogP contribution in [-0.2, 0) is 20.7 Å². The van der Waals surface area contributed by atoms with Crippen LogP contribution in [0.1, 0.15) is 25.3 Å². The lowest BCUT2D eigenvalue weighted by atomic mass is 9.98. The van der Waals surface area contributed by atoms with Crippen LogP contribution in [0.4, 0.5) is 4.39 Å². The van der Waals surface area contributed by atoms with E-state index in [9.17, 15) is 14.0 Å². The second-order valence-corrected chi connectivity index (χ2v) is 6.08. The smallest absolute Gasteiger partial charge is 0.310 e. The molecule has 0 aliphatic heterocycles. The number of carbonyl (C=O) groups excluding carboxylic acids is 2. The van der Waals surface area contributed by atoms with E-state index in [-0.39, 0.29) is 22.9 Å². The lowest BCUT2D eigenvalue weighted by Gasteiger charge is -2.22. The number of rotatable bonds is 6. The zero-order valence-corrected chi connectivity index (χ0v) is 13.3. The van der Waals surface area contributed by atoms with Crippen LogP contribution >= 0.6 is 11.6 Å². The first-order chi connectivity index (χ1) is 10.9. The number of benzene rings is 1. The number of ether oxygens (including phenoxy) is 1. The number of hydrogen-bond donors (Lipinski definition) is 1. The quantitative estimate of drug-likeness (QED) is 0.808. The largest absolute Gasteiger partial charge is 0.455 e. The van der Waals surface area contributed by atoms with Gasteiger partial charge in [0.2, 0.25) is 0 Å². The second-order valence-electron chi connectivity index (χ2n) is 5.67. The zero-order chi connectivity index (χ0) is 17.0. The predicted molar refractivity (Wildman–Crippen MR) is 81.0 cm³/mol. The number of hydrogen-bond acceptors (Lipinski definition) is 4. The Morgan fingerprint density at radius 2 is 2.22 bits per heavy atom. The number of carbonyl (C=O) groups is 2. The second kappa shape index (κ2) is 6.97. The van der Waals surface area contributed by atoms with E-state index in [2.05, 4.69) is 11.4 Å². The summed E-state index contributed by atoms with van der Waals surface area (Å²) >= 11 is 5.82. The van der Waals surface area contributed by atoms with Crippen LogP contribution in [-0.4, -0.2) is 24.0 Å². The Balaban J connectivity index is 1.85. The topological polar surface area (TPSA) is 79.2 Å². The molecule has 0 bridgehead atoms. The number of nitrogens with zero attached hydrogens (tertiary/aromatic N) is 1. The summed E-state index contributed by atoms with van der Waals surface area (Å²) in [7, 11) is 0. The van der Waals surface area contributed by atoms with Crippen molar-refractivity contribution in [2.45, 2.75) is 31.7 Å². The number of esters is 1. The summed E-state index contributed by atoms with van der Waals surface area (Å²) in [5, 5.41) is 11.8. The Kier molecular flexibility index (Phi) is 5.22. The van der Waals surface area contributed by atoms with E-state index in [1.165, 1.54) is 18.2 Å². The van der Waals surface area contributed by atoms with Crippen molar-refractivity contribution >= 4 is 23.5 Å². The third-order valence-corrected chi connectivity index (χ3v) is 4.13. The van der Waals surface area contributed by atoms with E-state index in [4.69, 9.17) is 21.6 Å². The summed E-state index contributed by atoms with van der Waals surface area (Å²) in [6.45, 7) is 1.12. The van der Waals surface area contributed by atoms with E-state index < -0.39 is 29.8 Å². The number of amides is 1. The molecule has 23 heavy (non-hydrogen) atoms. The van der Waals surface area contributed by atoms with Gasteiger partial charge in [0.1, 0.15) is 11.4 Å². The monoisotopic (exact) mass is 338 g/mol. The molecule has 1 atom stereocenters. The van der Waals surface area contributed by atoms with Crippen LogP contribution in [0.3, 0.4) is 0 Å². The summed E-state index contributed by atoms with van der Waals surface area (Å²) in [5.74, 6) is -1.81. The molecule has 1 fully saturated rings. The predicted octanol–water partition coefficient (Wildman–Crippen LogP) is 2.37. The van der Waals surface area contributed by atoms with Crippen molar-refractivity contribution in [1.82, 2.24) is 5.32 Å². The minimum atomic E-state index is -0.946. The van der Waals surface area contributed by atoms with Gasteiger partial charge in [-0.1, -0.05) is 17.7 Å². The van der Waals surface area contributed by atoms with Gasteiger partial charge in [-0.15, -0.1) is 0 Å². The van der Waals surface area contributed by atoms with Crippen LogP contribution in [0.25, 0.3) is 0 Å². The first-order valence-electron chi connectivity index (χ1n) is 7.16. The molecule has 1 aliphatic rings. The maximum Gasteiger partial charge on any atom is 0.310 e. The van der Waals surface area contributed by atoms with Gasteiger partial charge >= 0.3 is 5.97 Å². The van der Waals surface area contributed by atoms with Gasteiger partial charge in [0.25, 0.3) is 5.91 Å². The highest BCUT2D eigenvalue weighted by atomic mass is 35.5. The molecular formula is C16H16ClFN2O3. The molecule has 5 nitrogen and oxygen atoms in total. The molecule has 0 radical (unpaired) electrons. The Labute approximate surface area is 138 Å². The maximum absolute atomic E-state index is 13.6. The maximum atomic E-state index is 13.6. The average molecular weight is 339 g/mol. The molecule has 1 amide bonds. The average Bonchev–Trinajstić information content (AvgIpc) is 3.34. The van der Waals surface area contributed by atoms with E-state index >= 15 is 0 Å². The Hall–Kier alpha value is -2.13. The highest BCUT2D eigenvalue weighted by Crippen LogP contribution is 2.39. The molecular weight excluding hydrogens is 323 g/mol. The molecule has 1 aromatic rings. The minimum absolute atomic E-state index is 0.0272. The van der Waals surface area contributed by atoms with Gasteiger partial charge in [-0.2, -0.15) is 5.26 Å². The fourth-order valence-electron chi connectivity index (χ4n) is 2.25. The van der Waals surface area contributed by atoms with Crippen LogP contribution < -0.4 is 5.32 Å². The Morgan fingerprint density at radius 1 is 1.52 bits per heavy atom. The van der Waals surface area contributed by atoms with E-state index in [0.29, 0.717) is 0 Å². The van der Waals surface area contributed by atoms with Gasteiger partial charge in [-0.3, -0.25) is 9.59 Å². The zero-order valence-electron chi connectivity index (χ0n) is 12.6. The third-order valence-electron chi connectivity index (χ3n) is 3.77. The molecule has 122 valence electrons. The Morgan fingerprint density at radius 3 is 2.78 bits per heavy atom. The summed E-state index contributed by atoms with van der Waals surface area (Å²) in [6, 6.07) is 6.16. The molecule has 0 saturated heterocycles. The van der Waals surface area contributed by atoms with Gasteiger partial charge in [-0.25, -0.2) is 4.39 Å². The fraction of sp³-hybridized carbons (Fsp3) is 0.438. The van der Waals surface area contributed by atoms with Crippen LogP contribution in [0.2, 0.25) is 5.02 Å².